The van der Waals surface area contributed by atoms with Gasteiger partial charge >= 0.3 is 6.18 Å². The van der Waals surface area contributed by atoms with Crippen molar-refractivity contribution in [1.82, 2.24) is 0 Å². The predicted molar refractivity (Wildman–Crippen MR) is 70.7 cm³/mol. The highest BCUT2D eigenvalue weighted by molar-refractivity contribution is 6.30. The van der Waals surface area contributed by atoms with E-state index in [2.05, 4.69) is 6.07 Å². The molecule has 5 heteroatoms. The number of hydrogen-bond donors (Lipinski definition) is 1. The van der Waals surface area contributed by atoms with E-state index in [1.807, 2.05) is 0 Å². The zero-order chi connectivity index (χ0) is 14.8. The Labute approximate surface area is 119 Å². The van der Waals surface area contributed by atoms with Crippen molar-refractivity contribution in [3.8, 4) is 0 Å². The van der Waals surface area contributed by atoms with Crippen LogP contribution < -0.4 is 0 Å². The van der Waals surface area contributed by atoms with Gasteiger partial charge in [0.15, 0.2) is 0 Å². The van der Waals surface area contributed by atoms with Crippen molar-refractivity contribution in [2.75, 3.05) is 6.61 Å². The van der Waals surface area contributed by atoms with E-state index >= 15 is 0 Å². The van der Waals surface area contributed by atoms with Crippen molar-refractivity contribution in [3.63, 3.8) is 0 Å². The molecule has 2 rings (SSSR count). The molecule has 105 valence electrons. The molecule has 1 unspecified atom stereocenters. The molecule has 0 bridgehead atoms. The summed E-state index contributed by atoms with van der Waals surface area (Å²) in [5.41, 5.74) is -0.277. The normalized spacial score (nSPS) is 13.2. The van der Waals surface area contributed by atoms with E-state index in [0.29, 0.717) is 10.6 Å². The van der Waals surface area contributed by atoms with Gasteiger partial charge in [0, 0.05) is 10.9 Å². The van der Waals surface area contributed by atoms with Crippen LogP contribution in [-0.2, 0) is 6.18 Å². The fraction of sp³-hybridized carbons (Fsp3) is 0.200. The largest absolute Gasteiger partial charge is 0.417 e. The van der Waals surface area contributed by atoms with E-state index < -0.39 is 24.3 Å². The zero-order valence-corrected chi connectivity index (χ0v) is 11.0. The smallest absolute Gasteiger partial charge is 0.395 e. The maximum atomic E-state index is 13.0. The molecule has 0 saturated carbocycles. The summed E-state index contributed by atoms with van der Waals surface area (Å²) >= 11 is 5.76. The van der Waals surface area contributed by atoms with Gasteiger partial charge in [0.25, 0.3) is 0 Å². The van der Waals surface area contributed by atoms with Gasteiger partial charge in [-0.05, 0) is 29.3 Å². The number of halogens is 4. The Bertz CT molecular complexity index is 578. The fourth-order valence-corrected chi connectivity index (χ4v) is 2.19. The number of hydrogen-bond acceptors (Lipinski definition) is 1. The van der Waals surface area contributed by atoms with Gasteiger partial charge in [0.1, 0.15) is 0 Å². The first-order valence-corrected chi connectivity index (χ1v) is 6.25. The SMILES string of the molecule is OCC(c1ccc(Cl)cc1)c1ccc[c]c1C(F)(F)F. The van der Waals surface area contributed by atoms with Gasteiger partial charge in [-0.25, -0.2) is 0 Å². The lowest BCUT2D eigenvalue weighted by Crippen LogP contribution is -2.15. The molecule has 1 radical (unpaired) electrons. The topological polar surface area (TPSA) is 20.2 Å². The van der Waals surface area contributed by atoms with Crippen LogP contribution >= 0.6 is 11.6 Å². The van der Waals surface area contributed by atoms with Gasteiger partial charge in [0.2, 0.25) is 0 Å². The van der Waals surface area contributed by atoms with E-state index in [-0.39, 0.29) is 5.56 Å². The second-order valence-corrected chi connectivity index (χ2v) is 4.72. The quantitative estimate of drug-likeness (QED) is 0.897. The number of aliphatic hydroxyl groups excluding tert-OH is 1. The Hall–Kier alpha value is -1.52. The summed E-state index contributed by atoms with van der Waals surface area (Å²) in [6.07, 6.45) is -4.50. The van der Waals surface area contributed by atoms with E-state index in [9.17, 15) is 18.3 Å². The van der Waals surface area contributed by atoms with Crippen molar-refractivity contribution in [3.05, 3.63) is 70.2 Å². The van der Waals surface area contributed by atoms with Crippen LogP contribution in [0.15, 0.2) is 42.5 Å². The molecule has 2 aromatic carbocycles. The Morgan fingerprint density at radius 3 is 2.35 bits per heavy atom. The van der Waals surface area contributed by atoms with Gasteiger partial charge in [-0.2, -0.15) is 13.2 Å². The highest BCUT2D eigenvalue weighted by atomic mass is 35.5. The van der Waals surface area contributed by atoms with Crippen LogP contribution in [0.2, 0.25) is 5.02 Å². The highest BCUT2D eigenvalue weighted by Crippen LogP contribution is 2.37. The van der Waals surface area contributed by atoms with Crippen LogP contribution in [0.25, 0.3) is 0 Å². The summed E-state index contributed by atoms with van der Waals surface area (Å²) < 4.78 is 39.0. The van der Waals surface area contributed by atoms with Crippen molar-refractivity contribution >= 4 is 11.6 Å². The summed E-state index contributed by atoms with van der Waals surface area (Å²) in [6.45, 7) is -0.428. The van der Waals surface area contributed by atoms with Crippen LogP contribution in [0.3, 0.4) is 0 Å². The first kappa shape index (κ1) is 14.9. The highest BCUT2D eigenvalue weighted by Gasteiger charge is 2.35. The van der Waals surface area contributed by atoms with E-state index in [1.54, 1.807) is 24.3 Å². The van der Waals surface area contributed by atoms with E-state index in [1.165, 1.54) is 18.2 Å². The van der Waals surface area contributed by atoms with Gasteiger partial charge in [-0.3, -0.25) is 0 Å². The van der Waals surface area contributed by atoms with Crippen molar-refractivity contribution < 1.29 is 18.3 Å². The molecule has 2 aromatic rings. The Balaban J connectivity index is 2.50. The average molecular weight is 300 g/mol. The molecule has 0 spiro atoms. The van der Waals surface area contributed by atoms with Crippen LogP contribution in [0.1, 0.15) is 22.6 Å². The first-order valence-electron chi connectivity index (χ1n) is 5.87. The second-order valence-electron chi connectivity index (χ2n) is 4.28. The van der Waals surface area contributed by atoms with Gasteiger partial charge in [-0.1, -0.05) is 41.9 Å². The molecule has 0 aromatic heterocycles. The second kappa shape index (κ2) is 5.85. The summed E-state index contributed by atoms with van der Waals surface area (Å²) in [4.78, 5) is 0. The molecule has 1 nitrogen and oxygen atoms in total. The molecule has 1 atom stereocenters. The van der Waals surface area contributed by atoms with Crippen molar-refractivity contribution in [1.29, 1.82) is 0 Å². The summed E-state index contributed by atoms with van der Waals surface area (Å²) in [7, 11) is 0. The van der Waals surface area contributed by atoms with Gasteiger partial charge < -0.3 is 5.11 Å². The van der Waals surface area contributed by atoms with Crippen LogP contribution in [-0.4, -0.2) is 11.7 Å². The third-order valence-electron chi connectivity index (χ3n) is 3.00. The predicted octanol–water partition coefficient (Wildman–Crippen LogP) is 4.28. The van der Waals surface area contributed by atoms with Gasteiger partial charge in [0.05, 0.1) is 12.2 Å². The van der Waals surface area contributed by atoms with Crippen LogP contribution in [0.5, 0.6) is 0 Å². The van der Waals surface area contributed by atoms with E-state index in [0.717, 1.165) is 0 Å². The minimum atomic E-state index is -4.50. The number of aliphatic hydroxyl groups is 1. The zero-order valence-electron chi connectivity index (χ0n) is 10.3. The molecule has 0 aliphatic rings. The molecular formula is C15H11ClF3O. The lowest BCUT2D eigenvalue weighted by atomic mass is 9.88. The van der Waals surface area contributed by atoms with Crippen molar-refractivity contribution in [2.45, 2.75) is 12.1 Å². The summed E-state index contributed by atoms with van der Waals surface area (Å²) in [5, 5.41) is 9.97. The Kier molecular flexibility index (Phi) is 4.35. The molecule has 0 aliphatic heterocycles. The molecule has 0 aliphatic carbocycles. The Morgan fingerprint density at radius 2 is 1.80 bits per heavy atom. The molecule has 0 fully saturated rings. The summed E-state index contributed by atoms with van der Waals surface area (Å²) in [6, 6.07) is 12.6. The van der Waals surface area contributed by atoms with Crippen LogP contribution in [0, 0.1) is 6.07 Å². The molecule has 0 amide bonds. The Morgan fingerprint density at radius 1 is 1.15 bits per heavy atom. The molecular weight excluding hydrogens is 289 g/mol. The number of rotatable bonds is 3. The maximum Gasteiger partial charge on any atom is 0.417 e. The third kappa shape index (κ3) is 3.14. The average Bonchev–Trinajstić information content (AvgIpc) is 2.41. The minimum absolute atomic E-state index is 0.00447. The first-order chi connectivity index (χ1) is 9.43. The minimum Gasteiger partial charge on any atom is -0.395 e. The van der Waals surface area contributed by atoms with Gasteiger partial charge in [-0.15, -0.1) is 0 Å². The van der Waals surface area contributed by atoms with Crippen LogP contribution in [0.4, 0.5) is 13.2 Å². The molecule has 1 N–H and O–H groups in total. The summed E-state index contributed by atoms with van der Waals surface area (Å²) in [5.74, 6) is -0.763. The lowest BCUT2D eigenvalue weighted by Gasteiger charge is -2.20. The molecule has 0 heterocycles. The number of alkyl halides is 3. The lowest BCUT2D eigenvalue weighted by molar-refractivity contribution is -0.138. The molecule has 20 heavy (non-hydrogen) atoms. The fourth-order valence-electron chi connectivity index (χ4n) is 2.06. The number of benzene rings is 2. The van der Waals surface area contributed by atoms with E-state index in [4.69, 9.17) is 11.6 Å². The molecule has 0 saturated heterocycles. The standard InChI is InChI=1S/C15H11ClF3O/c16-11-7-5-10(6-8-11)13(9-20)12-3-1-2-4-14(12)15(17,18)19/h1-3,5-8,13,20H,9H2. The van der Waals surface area contributed by atoms with Crippen molar-refractivity contribution in [2.24, 2.45) is 0 Å². The third-order valence-corrected chi connectivity index (χ3v) is 3.25. The maximum absolute atomic E-state index is 13.0. The monoisotopic (exact) mass is 299 g/mol.